The van der Waals surface area contributed by atoms with Gasteiger partial charge in [-0.1, -0.05) is 31.8 Å². The van der Waals surface area contributed by atoms with Gasteiger partial charge in [-0.25, -0.2) is 4.79 Å². The van der Waals surface area contributed by atoms with Crippen LogP contribution in [-0.4, -0.2) is 35.9 Å². The minimum Gasteiger partial charge on any atom is -0.444 e. The molecule has 32 heavy (non-hydrogen) atoms. The lowest BCUT2D eigenvalue weighted by Crippen LogP contribution is -2.27. The summed E-state index contributed by atoms with van der Waals surface area (Å²) in [6.07, 6.45) is -0.497. The van der Waals surface area contributed by atoms with Crippen LogP contribution in [0, 0.1) is 0 Å². The van der Waals surface area contributed by atoms with Gasteiger partial charge in [0.2, 0.25) is 0 Å². The van der Waals surface area contributed by atoms with Crippen molar-refractivity contribution in [3.8, 4) is 11.8 Å². The predicted molar refractivity (Wildman–Crippen MR) is 130 cm³/mol. The Morgan fingerprint density at radius 3 is 2.41 bits per heavy atom. The van der Waals surface area contributed by atoms with E-state index in [2.05, 4.69) is 29.9 Å². The number of para-hydroxylation sites is 2. The number of carbonyl (C=O) groups is 1. The van der Waals surface area contributed by atoms with Gasteiger partial charge in [-0.15, -0.1) is 0 Å². The van der Waals surface area contributed by atoms with E-state index in [9.17, 15) is 4.79 Å². The molecule has 0 saturated carbocycles. The number of nitrogens with one attached hydrogen (secondary N) is 1. The number of amides is 1. The van der Waals surface area contributed by atoms with Crippen LogP contribution in [0.15, 0.2) is 48.5 Å². The number of carbonyl (C=O) groups excluding carboxylic acids is 1. The van der Waals surface area contributed by atoms with E-state index in [1.54, 1.807) is 24.3 Å². The zero-order chi connectivity index (χ0) is 23.4. The van der Waals surface area contributed by atoms with Crippen molar-refractivity contribution in [2.75, 3.05) is 11.9 Å². The molecule has 1 amide bonds. The number of nitrogens with zero attached hydrogens (tertiary/aromatic N) is 2. The Hall–Kier alpha value is -2.84. The highest BCUT2D eigenvalue weighted by Crippen LogP contribution is 2.27. The largest absolute Gasteiger partial charge is 0.444 e. The van der Waals surface area contributed by atoms with Crippen molar-refractivity contribution < 1.29 is 19.0 Å². The van der Waals surface area contributed by atoms with Crippen LogP contribution in [0.1, 0.15) is 20.8 Å². The van der Waals surface area contributed by atoms with E-state index >= 15 is 0 Å². The second kappa shape index (κ2) is 9.75. The number of rotatable bonds is 8. The second-order valence-electron chi connectivity index (χ2n) is 9.91. The number of hydrogen-bond donors (Lipinski definition) is 1. The Kier molecular flexibility index (Phi) is 7.25. The lowest BCUT2D eigenvalue weighted by atomic mass is 10.2. The van der Waals surface area contributed by atoms with Crippen molar-refractivity contribution in [2.24, 2.45) is 0 Å². The number of imidazole rings is 1. The zero-order valence-electron chi connectivity index (χ0n) is 19.8. The Labute approximate surface area is 190 Å². The van der Waals surface area contributed by atoms with Gasteiger partial charge in [-0.05, 0) is 63.2 Å². The summed E-state index contributed by atoms with van der Waals surface area (Å²) in [5, 5.41) is 2.71. The number of aromatic nitrogens is 2. The van der Waals surface area contributed by atoms with Crippen molar-refractivity contribution in [1.29, 1.82) is 0 Å². The fourth-order valence-electron chi connectivity index (χ4n) is 2.92. The molecular weight excluding hydrogens is 422 g/mol. The molecule has 8 heteroatoms. The maximum Gasteiger partial charge on any atom is 0.412 e. The highest BCUT2D eigenvalue weighted by molar-refractivity contribution is 6.76. The molecule has 0 bridgehead atoms. The van der Waals surface area contributed by atoms with Gasteiger partial charge in [-0.3, -0.25) is 9.88 Å². The number of fused-ring (bicyclic) bond motifs is 1. The van der Waals surface area contributed by atoms with Crippen LogP contribution in [0.2, 0.25) is 25.7 Å². The maximum atomic E-state index is 11.9. The average Bonchev–Trinajstić information content (AvgIpc) is 3.01. The molecule has 0 aliphatic rings. The topological polar surface area (TPSA) is 74.6 Å². The van der Waals surface area contributed by atoms with Crippen LogP contribution in [0.3, 0.4) is 0 Å². The summed E-state index contributed by atoms with van der Waals surface area (Å²) in [6, 6.07) is 16.5. The van der Waals surface area contributed by atoms with E-state index in [1.165, 1.54) is 0 Å². The molecule has 172 valence electrons. The smallest absolute Gasteiger partial charge is 0.412 e. The minimum atomic E-state index is -1.16. The molecule has 7 nitrogen and oxygen atoms in total. The van der Waals surface area contributed by atoms with Gasteiger partial charge in [0.05, 0.1) is 11.0 Å². The molecule has 3 aromatic rings. The molecule has 3 rings (SSSR count). The fourth-order valence-corrected chi connectivity index (χ4v) is 3.68. The van der Waals surface area contributed by atoms with Crippen LogP contribution in [0.25, 0.3) is 11.0 Å². The third-order valence-electron chi connectivity index (χ3n) is 4.55. The van der Waals surface area contributed by atoms with Gasteiger partial charge in [0.25, 0.3) is 0 Å². The van der Waals surface area contributed by atoms with Crippen LogP contribution < -0.4 is 10.1 Å². The zero-order valence-corrected chi connectivity index (χ0v) is 20.8. The van der Waals surface area contributed by atoms with Gasteiger partial charge >= 0.3 is 12.1 Å². The van der Waals surface area contributed by atoms with E-state index in [4.69, 9.17) is 14.2 Å². The van der Waals surface area contributed by atoms with E-state index in [0.29, 0.717) is 30.8 Å². The van der Waals surface area contributed by atoms with Gasteiger partial charge in [0, 0.05) is 20.4 Å². The molecule has 0 aliphatic carbocycles. The predicted octanol–water partition coefficient (Wildman–Crippen LogP) is 6.49. The minimum absolute atomic E-state index is 0.374. The molecule has 0 saturated heterocycles. The normalized spacial score (nSPS) is 12.1. The summed E-state index contributed by atoms with van der Waals surface area (Å²) in [5.41, 5.74) is 1.87. The highest BCUT2D eigenvalue weighted by atomic mass is 28.3. The third kappa shape index (κ3) is 7.10. The van der Waals surface area contributed by atoms with Crippen LogP contribution in [-0.2, 0) is 16.2 Å². The molecule has 0 aliphatic heterocycles. The number of ether oxygens (including phenoxy) is 3. The van der Waals surface area contributed by atoms with E-state index in [-0.39, 0.29) is 0 Å². The summed E-state index contributed by atoms with van der Waals surface area (Å²) in [7, 11) is -1.16. The molecule has 0 fully saturated rings. The van der Waals surface area contributed by atoms with E-state index in [1.807, 2.05) is 49.6 Å². The van der Waals surface area contributed by atoms with Gasteiger partial charge in [0.15, 0.2) is 0 Å². The summed E-state index contributed by atoms with van der Waals surface area (Å²) in [4.78, 5) is 16.6. The highest BCUT2D eigenvalue weighted by Gasteiger charge is 2.17. The van der Waals surface area contributed by atoms with Crippen molar-refractivity contribution in [1.82, 2.24) is 9.55 Å². The van der Waals surface area contributed by atoms with Crippen molar-refractivity contribution in [2.45, 2.75) is 58.8 Å². The maximum absolute atomic E-state index is 11.9. The van der Waals surface area contributed by atoms with E-state index in [0.717, 1.165) is 17.1 Å². The Bertz CT molecular complexity index is 1050. The van der Waals surface area contributed by atoms with Crippen molar-refractivity contribution in [3.05, 3.63) is 48.5 Å². The summed E-state index contributed by atoms with van der Waals surface area (Å²) in [6.45, 7) is 13.6. The number of hydrogen-bond acceptors (Lipinski definition) is 5. The average molecular weight is 456 g/mol. The lowest BCUT2D eigenvalue weighted by Gasteiger charge is -2.19. The van der Waals surface area contributed by atoms with E-state index < -0.39 is 19.8 Å². The van der Waals surface area contributed by atoms with Gasteiger partial charge < -0.3 is 14.2 Å². The monoisotopic (exact) mass is 455 g/mol. The first kappa shape index (κ1) is 23.8. The van der Waals surface area contributed by atoms with Crippen molar-refractivity contribution in [3.63, 3.8) is 0 Å². The summed E-state index contributed by atoms with van der Waals surface area (Å²) >= 11 is 0. The quantitative estimate of drug-likeness (QED) is 0.310. The third-order valence-corrected chi connectivity index (χ3v) is 6.25. The molecule has 1 aromatic heterocycles. The second-order valence-corrected chi connectivity index (χ2v) is 15.5. The van der Waals surface area contributed by atoms with Gasteiger partial charge in [-0.2, -0.15) is 4.98 Å². The first-order chi connectivity index (χ1) is 15.0. The van der Waals surface area contributed by atoms with Gasteiger partial charge in [0.1, 0.15) is 18.1 Å². The molecule has 1 N–H and O–H groups in total. The van der Waals surface area contributed by atoms with Crippen LogP contribution in [0.5, 0.6) is 11.8 Å². The summed E-state index contributed by atoms with van der Waals surface area (Å²) in [5.74, 6) is 0.610. The lowest BCUT2D eigenvalue weighted by molar-refractivity contribution is 0.0636. The molecule has 0 atom stereocenters. The first-order valence-corrected chi connectivity index (χ1v) is 14.5. The first-order valence-electron chi connectivity index (χ1n) is 10.8. The number of benzene rings is 2. The molecule has 0 spiro atoms. The molecule has 0 unspecified atom stereocenters. The number of anilines is 1. The van der Waals surface area contributed by atoms with Crippen LogP contribution in [0.4, 0.5) is 10.5 Å². The Morgan fingerprint density at radius 2 is 1.75 bits per heavy atom. The Morgan fingerprint density at radius 1 is 1.06 bits per heavy atom. The van der Waals surface area contributed by atoms with Crippen LogP contribution >= 0.6 is 0 Å². The summed E-state index contributed by atoms with van der Waals surface area (Å²) < 4.78 is 19.2. The molecule has 1 heterocycles. The standard InChI is InChI=1S/C24H33N3O4Si/c1-24(2,3)31-23(28)25-18-11-13-19(14-12-18)30-22-26-20-9-7-8-10-21(20)27(22)17-29-15-16-32(4,5)6/h7-14H,15-17H2,1-6H3,(H,25,28). The molecule has 2 aromatic carbocycles. The fraction of sp³-hybridized carbons (Fsp3) is 0.417. The molecular formula is C24H33N3O4Si. The van der Waals surface area contributed by atoms with Crippen molar-refractivity contribution >= 4 is 30.9 Å². The Balaban J connectivity index is 1.70. The SMILES string of the molecule is CC(C)(C)OC(=O)Nc1ccc(Oc2nc3ccccc3n2COCC[Si](C)(C)C)cc1. The molecule has 0 radical (unpaired) electrons.